The summed E-state index contributed by atoms with van der Waals surface area (Å²) < 4.78 is 3.91. The Balaban J connectivity index is 2.40. The van der Waals surface area contributed by atoms with Crippen molar-refractivity contribution in [3.05, 3.63) is 0 Å². The highest BCUT2D eigenvalue weighted by Crippen LogP contribution is 1.44. The predicted octanol–water partition coefficient (Wildman–Crippen LogP) is -0.547. The Morgan fingerprint density at radius 1 is 2.00 bits per heavy atom. The molecule has 0 aliphatic rings. The van der Waals surface area contributed by atoms with E-state index in [-0.39, 0.29) is 0 Å². The van der Waals surface area contributed by atoms with Crippen LogP contribution in [-0.4, -0.2) is 12.7 Å². The van der Waals surface area contributed by atoms with Crippen LogP contribution in [0.15, 0.2) is 0 Å². The molecule has 27 valence electrons. The summed E-state index contributed by atoms with van der Waals surface area (Å²) in [6, 6.07) is 0. The molecule has 0 spiro atoms. The molecule has 0 aromatic rings. The molecule has 0 amide bonds. The SMILES string of the molecule is NO[B]C=S. The van der Waals surface area contributed by atoms with Crippen LogP contribution in [0.25, 0.3) is 0 Å². The van der Waals surface area contributed by atoms with E-state index >= 15 is 0 Å². The van der Waals surface area contributed by atoms with E-state index in [1.165, 1.54) is 12.7 Å². The van der Waals surface area contributed by atoms with Crippen molar-refractivity contribution in [2.45, 2.75) is 0 Å². The summed E-state index contributed by atoms with van der Waals surface area (Å²) >= 11 is 4.27. The van der Waals surface area contributed by atoms with E-state index in [2.05, 4.69) is 22.9 Å². The van der Waals surface area contributed by atoms with Crippen LogP contribution in [0.5, 0.6) is 0 Å². The summed E-state index contributed by atoms with van der Waals surface area (Å²) in [7, 11) is 1.22. The lowest BCUT2D eigenvalue weighted by atomic mass is 10.1. The van der Waals surface area contributed by atoms with E-state index in [0.29, 0.717) is 0 Å². The molecule has 2 nitrogen and oxygen atoms in total. The van der Waals surface area contributed by atoms with Gasteiger partial charge in [0.15, 0.2) is 0 Å². The Labute approximate surface area is 36.5 Å². The molecule has 5 heavy (non-hydrogen) atoms. The van der Waals surface area contributed by atoms with Gasteiger partial charge in [-0.05, 0) is 5.27 Å². The van der Waals surface area contributed by atoms with Gasteiger partial charge in [0.2, 0.25) is 0 Å². The zero-order valence-corrected chi connectivity index (χ0v) is 3.37. The first-order valence-electron chi connectivity index (χ1n) is 1.04. The first-order chi connectivity index (χ1) is 2.41. The molecule has 0 aliphatic carbocycles. The van der Waals surface area contributed by atoms with Gasteiger partial charge in [0, 0.05) is 0 Å². The monoisotopic (exact) mass is 88.0 g/mol. The van der Waals surface area contributed by atoms with Gasteiger partial charge in [-0.25, -0.2) is 5.90 Å². The highest BCUT2D eigenvalue weighted by molar-refractivity contribution is 7.81. The minimum atomic E-state index is 1.22. The molecule has 0 rings (SSSR count). The van der Waals surface area contributed by atoms with Crippen LogP contribution in [0.3, 0.4) is 0 Å². The van der Waals surface area contributed by atoms with Crippen LogP contribution in [0.4, 0.5) is 0 Å². The van der Waals surface area contributed by atoms with Gasteiger partial charge < -0.3 is 4.76 Å². The van der Waals surface area contributed by atoms with E-state index in [9.17, 15) is 0 Å². The maximum Gasteiger partial charge on any atom is 0.364 e. The van der Waals surface area contributed by atoms with Crippen LogP contribution in [0, 0.1) is 0 Å². The second-order valence-electron chi connectivity index (χ2n) is 0.408. The Bertz CT molecular complexity index is 32.8. The Morgan fingerprint density at radius 2 is 2.60 bits per heavy atom. The van der Waals surface area contributed by atoms with Gasteiger partial charge in [-0.15, -0.1) is 12.2 Å². The Hall–Kier alpha value is 0.0749. The normalized spacial score (nSPS) is 6.60. The maximum atomic E-state index is 4.49. The third-order valence-electron chi connectivity index (χ3n) is 0.134. The van der Waals surface area contributed by atoms with E-state index in [0.717, 1.165) is 0 Å². The zero-order chi connectivity index (χ0) is 4.12. The average Bonchev–Trinajstić information content (AvgIpc) is 1.41. The van der Waals surface area contributed by atoms with Gasteiger partial charge in [-0.1, -0.05) is 0 Å². The maximum absolute atomic E-state index is 4.49. The molecule has 0 fully saturated rings. The minimum Gasteiger partial charge on any atom is -0.365 e. The molecule has 0 bridgehead atoms. The fourth-order valence-corrected chi connectivity index (χ4v) is 0.0962. The number of rotatable bonds is 2. The molecule has 0 saturated heterocycles. The van der Waals surface area contributed by atoms with Crippen LogP contribution < -0.4 is 5.90 Å². The van der Waals surface area contributed by atoms with E-state index in [1.54, 1.807) is 0 Å². The van der Waals surface area contributed by atoms with Gasteiger partial charge in [-0.2, -0.15) is 0 Å². The molecule has 0 unspecified atom stereocenters. The lowest BCUT2D eigenvalue weighted by molar-refractivity contribution is 0.365. The fraction of sp³-hybridized carbons (Fsp3) is 0. The highest BCUT2D eigenvalue weighted by Gasteiger charge is 1.70. The molecule has 0 heterocycles. The van der Waals surface area contributed by atoms with Crippen molar-refractivity contribution >= 4 is 25.0 Å². The molecule has 2 N–H and O–H groups in total. The van der Waals surface area contributed by atoms with Crippen LogP contribution in [0.1, 0.15) is 0 Å². The number of nitrogens with two attached hydrogens (primary N) is 1. The summed E-state index contributed by atoms with van der Waals surface area (Å²) in [4.78, 5) is 0. The number of thiocarbonyl (C=S) groups is 1. The van der Waals surface area contributed by atoms with Crippen molar-refractivity contribution in [2.24, 2.45) is 5.90 Å². The molecular formula is CH3BNOS. The summed E-state index contributed by atoms with van der Waals surface area (Å²) in [5.74, 6) is 4.49. The molecule has 0 aromatic carbocycles. The molecule has 0 aliphatic heterocycles. The molecular weight excluding hydrogens is 84.9 g/mol. The zero-order valence-electron chi connectivity index (χ0n) is 2.55. The third-order valence-corrected chi connectivity index (χ3v) is 0.245. The van der Waals surface area contributed by atoms with Crippen LogP contribution in [0.2, 0.25) is 0 Å². The molecule has 0 aromatic heterocycles. The molecule has 0 saturated carbocycles. The summed E-state index contributed by atoms with van der Waals surface area (Å²) in [5.41, 5.74) is 0. The lowest BCUT2D eigenvalue weighted by Crippen LogP contribution is -2.03. The Morgan fingerprint density at radius 3 is 2.60 bits per heavy atom. The predicted molar refractivity (Wildman–Crippen MR) is 24.7 cm³/mol. The fourth-order valence-electron chi connectivity index (χ4n) is 0.0321. The average molecular weight is 87.9 g/mol. The van der Waals surface area contributed by atoms with Crippen molar-refractivity contribution in [3.63, 3.8) is 0 Å². The van der Waals surface area contributed by atoms with Crippen molar-refractivity contribution in [1.82, 2.24) is 0 Å². The number of hydrogen-bond donors (Lipinski definition) is 1. The van der Waals surface area contributed by atoms with Crippen LogP contribution in [-0.2, 0) is 4.76 Å². The summed E-state index contributed by atoms with van der Waals surface area (Å²) in [5, 5.41) is 1.29. The van der Waals surface area contributed by atoms with E-state index < -0.39 is 0 Å². The summed E-state index contributed by atoms with van der Waals surface area (Å²) in [6.07, 6.45) is 0. The summed E-state index contributed by atoms with van der Waals surface area (Å²) in [6.45, 7) is 0. The topological polar surface area (TPSA) is 35.2 Å². The van der Waals surface area contributed by atoms with Gasteiger partial charge >= 0.3 is 7.48 Å². The second-order valence-corrected chi connectivity index (χ2v) is 0.680. The second kappa shape index (κ2) is 4.07. The van der Waals surface area contributed by atoms with Crippen molar-refractivity contribution in [1.29, 1.82) is 0 Å². The van der Waals surface area contributed by atoms with Crippen LogP contribution >= 0.6 is 12.2 Å². The highest BCUT2D eigenvalue weighted by atomic mass is 32.1. The van der Waals surface area contributed by atoms with Gasteiger partial charge in [0.25, 0.3) is 0 Å². The van der Waals surface area contributed by atoms with E-state index in [4.69, 9.17) is 0 Å². The standard InChI is InChI=1S/CH3BNOS/c3-4-2-1-5/h1H,3H2. The molecule has 0 atom stereocenters. The lowest BCUT2D eigenvalue weighted by Gasteiger charge is -1.74. The van der Waals surface area contributed by atoms with Crippen molar-refractivity contribution in [3.8, 4) is 0 Å². The quantitative estimate of drug-likeness (QED) is 0.279. The van der Waals surface area contributed by atoms with Gasteiger partial charge in [-0.3, -0.25) is 0 Å². The minimum absolute atomic E-state index is 1.22. The van der Waals surface area contributed by atoms with Crippen molar-refractivity contribution < 1.29 is 4.76 Å². The smallest absolute Gasteiger partial charge is 0.364 e. The Kier molecular flexibility index (Phi) is 4.14. The van der Waals surface area contributed by atoms with Gasteiger partial charge in [0.05, 0.1) is 0 Å². The third kappa shape index (κ3) is 4.07. The molecule has 4 heteroatoms. The van der Waals surface area contributed by atoms with Crippen molar-refractivity contribution in [2.75, 3.05) is 0 Å². The number of hydrogen-bond acceptors (Lipinski definition) is 3. The first kappa shape index (κ1) is 5.07. The van der Waals surface area contributed by atoms with Gasteiger partial charge in [0.1, 0.15) is 0 Å². The largest absolute Gasteiger partial charge is 0.365 e. The first-order valence-corrected chi connectivity index (χ1v) is 1.51. The molecule has 1 radical (unpaired) electrons. The van der Waals surface area contributed by atoms with E-state index in [1.807, 2.05) is 0 Å².